The van der Waals surface area contributed by atoms with Crippen LogP contribution in [-0.2, 0) is 27.8 Å². The SMILES string of the molecule is CO[C@H]1O[C@H](CO[Si](c2ccccc2)(c2ccccc2)C(C)(C)C)[C@@H](O[Si](c2ccccc2)(c2ccccc2)C(C)(C)C)[C@H](OC)[C@@H]1OC. The number of methoxy groups -OCH3 is 3. The van der Waals surface area contributed by atoms with Crippen LogP contribution in [0, 0.1) is 0 Å². The van der Waals surface area contributed by atoms with E-state index in [2.05, 4.69) is 163 Å². The fraction of sp³-hybridized carbons (Fsp3) is 0.415. The van der Waals surface area contributed by atoms with Gasteiger partial charge in [-0.25, -0.2) is 0 Å². The zero-order valence-corrected chi connectivity index (χ0v) is 32.6. The number of hydrogen-bond donors (Lipinski definition) is 0. The Balaban J connectivity index is 1.68. The van der Waals surface area contributed by atoms with E-state index in [4.69, 9.17) is 27.8 Å². The second-order valence-corrected chi connectivity index (χ2v) is 23.5. The highest BCUT2D eigenvalue weighted by Crippen LogP contribution is 2.42. The van der Waals surface area contributed by atoms with Crippen LogP contribution in [0.15, 0.2) is 121 Å². The third-order valence-electron chi connectivity index (χ3n) is 9.98. The van der Waals surface area contributed by atoms with Crippen LogP contribution in [0.3, 0.4) is 0 Å². The Morgan fingerprint density at radius 1 is 0.490 bits per heavy atom. The summed E-state index contributed by atoms with van der Waals surface area (Å²) >= 11 is 0. The van der Waals surface area contributed by atoms with Crippen LogP contribution in [0.5, 0.6) is 0 Å². The lowest BCUT2D eigenvalue weighted by Crippen LogP contribution is -2.73. The van der Waals surface area contributed by atoms with Crippen molar-refractivity contribution in [3.63, 3.8) is 0 Å². The molecule has 1 saturated heterocycles. The number of benzene rings is 4. The van der Waals surface area contributed by atoms with Crippen molar-refractivity contribution in [1.82, 2.24) is 0 Å². The van der Waals surface area contributed by atoms with Crippen LogP contribution in [-0.4, -0.2) is 75.3 Å². The van der Waals surface area contributed by atoms with E-state index in [1.165, 1.54) is 20.7 Å². The highest BCUT2D eigenvalue weighted by molar-refractivity contribution is 7.00. The number of hydrogen-bond acceptors (Lipinski definition) is 6. The first kappa shape index (κ1) is 37.3. The standard InChI is InChI=1S/C41H54O6Si2/c1-40(2,3)48(31-22-14-10-15-23-31,32-24-16-11-17-25-32)45-30-35-36(37(42-7)38(43-8)39(44-9)46-35)47-49(41(4,5)6,33-26-18-12-19-27-33)34-28-20-13-21-29-34/h10-29,35-39H,30H2,1-9H3/t35-,36-,37+,38+,39+/m1/s1. The van der Waals surface area contributed by atoms with Crippen LogP contribution in [0.2, 0.25) is 10.1 Å². The molecule has 0 radical (unpaired) electrons. The van der Waals surface area contributed by atoms with Gasteiger partial charge in [-0.3, -0.25) is 0 Å². The van der Waals surface area contributed by atoms with E-state index < -0.39 is 47.3 Å². The van der Waals surface area contributed by atoms with Crippen molar-refractivity contribution in [2.45, 2.75) is 82.3 Å². The average molecular weight is 699 g/mol. The summed E-state index contributed by atoms with van der Waals surface area (Å²) in [6, 6.07) is 42.7. The van der Waals surface area contributed by atoms with E-state index in [9.17, 15) is 0 Å². The van der Waals surface area contributed by atoms with Gasteiger partial charge in [0.15, 0.2) is 6.29 Å². The van der Waals surface area contributed by atoms with Crippen molar-refractivity contribution >= 4 is 37.4 Å². The first-order valence-corrected chi connectivity index (χ1v) is 21.0. The van der Waals surface area contributed by atoms with E-state index >= 15 is 0 Å². The maximum Gasteiger partial charge on any atom is 0.261 e. The van der Waals surface area contributed by atoms with Gasteiger partial charge >= 0.3 is 0 Å². The molecule has 0 spiro atoms. The van der Waals surface area contributed by atoms with Gasteiger partial charge in [0, 0.05) is 21.3 Å². The fourth-order valence-corrected chi connectivity index (χ4v) is 17.0. The van der Waals surface area contributed by atoms with E-state index in [0.29, 0.717) is 0 Å². The molecule has 1 aliphatic heterocycles. The second-order valence-electron chi connectivity index (χ2n) is 14.9. The summed E-state index contributed by atoms with van der Waals surface area (Å²) in [5.74, 6) is 0. The Bertz CT molecular complexity index is 1500. The van der Waals surface area contributed by atoms with Gasteiger partial charge in [0.25, 0.3) is 16.6 Å². The van der Waals surface area contributed by atoms with Crippen molar-refractivity contribution in [3.05, 3.63) is 121 Å². The maximum absolute atomic E-state index is 7.81. The predicted molar refractivity (Wildman–Crippen MR) is 203 cm³/mol. The highest BCUT2D eigenvalue weighted by Gasteiger charge is 2.58. The molecule has 49 heavy (non-hydrogen) atoms. The molecule has 4 aromatic carbocycles. The molecule has 1 heterocycles. The first-order chi connectivity index (χ1) is 23.4. The summed E-state index contributed by atoms with van der Waals surface area (Å²) < 4.78 is 40.5. The molecule has 0 unspecified atom stereocenters. The van der Waals surface area contributed by atoms with E-state index in [1.54, 1.807) is 21.3 Å². The van der Waals surface area contributed by atoms with Gasteiger partial charge < -0.3 is 27.8 Å². The normalized spacial score (nSPS) is 22.2. The summed E-state index contributed by atoms with van der Waals surface area (Å²) in [7, 11) is -0.928. The molecule has 1 fully saturated rings. The lowest BCUT2D eigenvalue weighted by atomic mass is 9.99. The van der Waals surface area contributed by atoms with Crippen LogP contribution in [0.1, 0.15) is 41.5 Å². The van der Waals surface area contributed by atoms with Crippen molar-refractivity contribution < 1.29 is 27.8 Å². The lowest BCUT2D eigenvalue weighted by molar-refractivity contribution is -0.299. The number of rotatable bonds is 12. The quantitative estimate of drug-likeness (QED) is 0.172. The van der Waals surface area contributed by atoms with Crippen LogP contribution in [0.4, 0.5) is 0 Å². The lowest BCUT2D eigenvalue weighted by Gasteiger charge is -2.52. The molecule has 1 aliphatic rings. The van der Waals surface area contributed by atoms with E-state index in [1.807, 2.05) is 0 Å². The van der Waals surface area contributed by atoms with E-state index in [-0.39, 0.29) is 16.7 Å². The minimum absolute atomic E-state index is 0.213. The van der Waals surface area contributed by atoms with Crippen LogP contribution in [0.25, 0.3) is 0 Å². The first-order valence-electron chi connectivity index (χ1n) is 17.2. The second kappa shape index (κ2) is 15.5. The largest absolute Gasteiger partial charge is 0.405 e. The smallest absolute Gasteiger partial charge is 0.261 e. The summed E-state index contributed by atoms with van der Waals surface area (Å²) in [5, 5.41) is 4.29. The van der Waals surface area contributed by atoms with Crippen LogP contribution >= 0.6 is 0 Å². The van der Waals surface area contributed by atoms with Crippen molar-refractivity contribution in [3.8, 4) is 0 Å². The summed E-state index contributed by atoms with van der Waals surface area (Å²) in [6.07, 6.45) is -2.79. The molecule has 5 rings (SSSR count). The molecule has 0 aliphatic carbocycles. The van der Waals surface area contributed by atoms with Gasteiger partial charge in [-0.1, -0.05) is 163 Å². The molecule has 0 amide bonds. The van der Waals surface area contributed by atoms with Gasteiger partial charge in [-0.05, 0) is 30.8 Å². The topological polar surface area (TPSA) is 55.4 Å². The predicted octanol–water partition coefficient (Wildman–Crippen LogP) is 5.91. The summed E-state index contributed by atoms with van der Waals surface area (Å²) in [5.41, 5.74) is 0. The van der Waals surface area contributed by atoms with Crippen LogP contribution < -0.4 is 20.7 Å². The molecule has 0 aromatic heterocycles. The molecule has 8 heteroatoms. The van der Waals surface area contributed by atoms with Gasteiger partial charge in [-0.15, -0.1) is 0 Å². The third kappa shape index (κ3) is 7.16. The van der Waals surface area contributed by atoms with E-state index in [0.717, 1.165) is 0 Å². The molecular weight excluding hydrogens is 645 g/mol. The van der Waals surface area contributed by atoms with Gasteiger partial charge in [0.05, 0.1) is 6.61 Å². The Morgan fingerprint density at radius 2 is 0.857 bits per heavy atom. The molecule has 0 N–H and O–H groups in total. The third-order valence-corrected chi connectivity index (χ3v) is 20.0. The van der Waals surface area contributed by atoms with Crippen molar-refractivity contribution in [2.75, 3.05) is 27.9 Å². The monoisotopic (exact) mass is 698 g/mol. The molecule has 5 atom stereocenters. The Kier molecular flexibility index (Phi) is 11.8. The zero-order chi connectivity index (χ0) is 35.3. The summed E-state index contributed by atoms with van der Waals surface area (Å²) in [4.78, 5) is 0. The minimum Gasteiger partial charge on any atom is -0.405 e. The van der Waals surface area contributed by atoms with Gasteiger partial charge in [0.2, 0.25) is 0 Å². The number of ether oxygens (including phenoxy) is 4. The Hall–Kier alpha value is -2.93. The van der Waals surface area contributed by atoms with Crippen molar-refractivity contribution in [1.29, 1.82) is 0 Å². The Labute approximate surface area is 295 Å². The zero-order valence-electron chi connectivity index (χ0n) is 30.6. The molecule has 262 valence electrons. The highest BCUT2D eigenvalue weighted by atomic mass is 28.4. The molecule has 6 nitrogen and oxygen atoms in total. The minimum atomic E-state index is -3.05. The summed E-state index contributed by atoms with van der Waals surface area (Å²) in [6.45, 7) is 14.0. The Morgan fingerprint density at radius 3 is 1.18 bits per heavy atom. The fourth-order valence-electron chi connectivity index (χ4n) is 7.72. The molecule has 0 bridgehead atoms. The van der Waals surface area contributed by atoms with Gasteiger partial charge in [-0.2, -0.15) is 0 Å². The molecular formula is C41H54O6Si2. The average Bonchev–Trinajstić information content (AvgIpc) is 3.11. The maximum atomic E-state index is 7.81. The van der Waals surface area contributed by atoms with Gasteiger partial charge in [0.1, 0.15) is 24.4 Å². The van der Waals surface area contributed by atoms with Crippen molar-refractivity contribution in [2.24, 2.45) is 0 Å². The molecule has 4 aromatic rings. The molecule has 0 saturated carbocycles.